The van der Waals surface area contributed by atoms with Gasteiger partial charge in [0, 0.05) is 24.7 Å². The zero-order chi connectivity index (χ0) is 14.9. The van der Waals surface area contributed by atoms with Gasteiger partial charge >= 0.3 is 0 Å². The highest BCUT2D eigenvalue weighted by atomic mass is 32.1. The van der Waals surface area contributed by atoms with Gasteiger partial charge in [-0.05, 0) is 66.3 Å². The number of thiophene rings is 1. The average Bonchev–Trinajstić information content (AvgIpc) is 3.19. The Kier molecular flexibility index (Phi) is 4.45. The molecule has 0 bridgehead atoms. The molecule has 1 heterocycles. The van der Waals surface area contributed by atoms with Gasteiger partial charge < -0.3 is 5.73 Å². The van der Waals surface area contributed by atoms with Crippen molar-refractivity contribution in [3.05, 3.63) is 22.4 Å². The lowest BCUT2D eigenvalue weighted by molar-refractivity contribution is 0.0586. The predicted molar refractivity (Wildman–Crippen MR) is 91.5 cm³/mol. The third-order valence-corrected chi connectivity index (χ3v) is 6.40. The molecule has 1 aromatic heterocycles. The summed E-state index contributed by atoms with van der Waals surface area (Å²) in [4.78, 5) is 2.79. The molecule has 1 unspecified atom stereocenters. The maximum Gasteiger partial charge on any atom is 0.0338 e. The third kappa shape index (κ3) is 3.52. The molecule has 0 amide bonds. The van der Waals surface area contributed by atoms with Gasteiger partial charge in [0.25, 0.3) is 0 Å². The Bertz CT molecular complexity index is 450. The van der Waals surface area contributed by atoms with E-state index >= 15 is 0 Å². The highest BCUT2D eigenvalue weighted by molar-refractivity contribution is 7.07. The number of nitrogens with zero attached hydrogens (tertiary/aromatic N) is 1. The summed E-state index contributed by atoms with van der Waals surface area (Å²) >= 11 is 1.81. The molecule has 2 aliphatic rings. The fourth-order valence-electron chi connectivity index (χ4n) is 3.98. The fourth-order valence-corrected chi connectivity index (χ4v) is 4.64. The molecule has 2 aliphatic carbocycles. The van der Waals surface area contributed by atoms with Crippen LogP contribution in [0.5, 0.6) is 0 Å². The maximum atomic E-state index is 6.35. The normalized spacial score (nSPS) is 29.5. The van der Waals surface area contributed by atoms with Crippen molar-refractivity contribution < 1.29 is 0 Å². The van der Waals surface area contributed by atoms with Crippen LogP contribution in [0.1, 0.15) is 64.4 Å². The molecular formula is C18H30N2S. The van der Waals surface area contributed by atoms with Crippen LogP contribution >= 0.6 is 11.3 Å². The third-order valence-electron chi connectivity index (χ3n) is 5.67. The summed E-state index contributed by atoms with van der Waals surface area (Å²) in [5, 5.41) is 4.51. The summed E-state index contributed by atoms with van der Waals surface area (Å²) in [6.45, 7) is 6.79. The Morgan fingerprint density at radius 3 is 2.67 bits per heavy atom. The molecule has 118 valence electrons. The standard InChI is InChI=1S/C18H30N2S/c1-17(2)7-3-8-18(14-19,10-9-17)20(16-4-5-16)12-15-6-11-21-13-15/h6,11,13,16H,3-5,7-10,12,14,19H2,1-2H3. The van der Waals surface area contributed by atoms with Crippen LogP contribution in [-0.4, -0.2) is 23.0 Å². The van der Waals surface area contributed by atoms with Crippen LogP contribution in [0.15, 0.2) is 16.8 Å². The molecule has 0 radical (unpaired) electrons. The van der Waals surface area contributed by atoms with Crippen LogP contribution in [-0.2, 0) is 6.54 Å². The van der Waals surface area contributed by atoms with Crippen molar-refractivity contribution >= 4 is 11.3 Å². The largest absolute Gasteiger partial charge is 0.329 e. The lowest BCUT2D eigenvalue weighted by atomic mass is 9.82. The lowest BCUT2D eigenvalue weighted by Gasteiger charge is -2.44. The van der Waals surface area contributed by atoms with Crippen molar-refractivity contribution in [3.8, 4) is 0 Å². The first-order valence-electron chi connectivity index (χ1n) is 8.53. The van der Waals surface area contributed by atoms with Gasteiger partial charge in [-0.1, -0.05) is 20.3 Å². The molecule has 2 N–H and O–H groups in total. The van der Waals surface area contributed by atoms with Crippen LogP contribution in [0.2, 0.25) is 0 Å². The molecule has 2 saturated carbocycles. The summed E-state index contributed by atoms with van der Waals surface area (Å²) in [5.41, 5.74) is 8.57. The predicted octanol–water partition coefficient (Wildman–Crippen LogP) is 4.40. The van der Waals surface area contributed by atoms with Gasteiger partial charge in [0.15, 0.2) is 0 Å². The van der Waals surface area contributed by atoms with Crippen molar-refractivity contribution in [1.82, 2.24) is 4.90 Å². The van der Waals surface area contributed by atoms with E-state index in [4.69, 9.17) is 5.73 Å². The van der Waals surface area contributed by atoms with Crippen molar-refractivity contribution in [2.45, 2.75) is 76.9 Å². The Balaban J connectivity index is 1.80. The van der Waals surface area contributed by atoms with Gasteiger partial charge in [0.05, 0.1) is 0 Å². The molecule has 0 spiro atoms. The second-order valence-corrected chi connectivity index (χ2v) is 8.72. The highest BCUT2D eigenvalue weighted by Crippen LogP contribution is 2.44. The van der Waals surface area contributed by atoms with E-state index < -0.39 is 0 Å². The topological polar surface area (TPSA) is 29.3 Å². The van der Waals surface area contributed by atoms with Gasteiger partial charge in [0.2, 0.25) is 0 Å². The Morgan fingerprint density at radius 2 is 2.05 bits per heavy atom. The fraction of sp³-hybridized carbons (Fsp3) is 0.778. The quantitative estimate of drug-likeness (QED) is 0.817. The van der Waals surface area contributed by atoms with Gasteiger partial charge in [-0.15, -0.1) is 0 Å². The van der Waals surface area contributed by atoms with Crippen LogP contribution in [0, 0.1) is 5.41 Å². The summed E-state index contributed by atoms with van der Waals surface area (Å²) in [7, 11) is 0. The number of hydrogen-bond acceptors (Lipinski definition) is 3. The van der Waals surface area contributed by atoms with Gasteiger partial charge in [-0.25, -0.2) is 0 Å². The molecule has 21 heavy (non-hydrogen) atoms. The molecule has 3 heteroatoms. The zero-order valence-corrected chi connectivity index (χ0v) is 14.4. The van der Waals surface area contributed by atoms with Crippen LogP contribution < -0.4 is 5.73 Å². The van der Waals surface area contributed by atoms with Gasteiger partial charge in [-0.3, -0.25) is 4.90 Å². The first kappa shape index (κ1) is 15.5. The summed E-state index contributed by atoms with van der Waals surface area (Å²) in [5.74, 6) is 0. The second-order valence-electron chi connectivity index (χ2n) is 7.94. The maximum absolute atomic E-state index is 6.35. The Labute approximate surface area is 133 Å². The summed E-state index contributed by atoms with van der Waals surface area (Å²) in [6.07, 6.45) is 9.30. The van der Waals surface area contributed by atoms with E-state index in [0.717, 1.165) is 19.1 Å². The van der Waals surface area contributed by atoms with Crippen molar-refractivity contribution in [2.75, 3.05) is 6.54 Å². The van der Waals surface area contributed by atoms with E-state index in [1.54, 1.807) is 0 Å². The van der Waals surface area contributed by atoms with E-state index in [1.165, 1.54) is 50.5 Å². The molecule has 0 aromatic carbocycles. The van der Waals surface area contributed by atoms with Crippen LogP contribution in [0.4, 0.5) is 0 Å². The van der Waals surface area contributed by atoms with Gasteiger partial charge in [-0.2, -0.15) is 11.3 Å². The van der Waals surface area contributed by atoms with Crippen LogP contribution in [0.25, 0.3) is 0 Å². The minimum atomic E-state index is 0.247. The SMILES string of the molecule is CC1(C)CCCC(CN)(N(Cc2ccsc2)C2CC2)CC1. The number of hydrogen-bond donors (Lipinski definition) is 1. The first-order valence-corrected chi connectivity index (χ1v) is 9.47. The molecule has 1 atom stereocenters. The van der Waals surface area contributed by atoms with E-state index in [1.807, 2.05) is 11.3 Å². The number of rotatable bonds is 5. The first-order chi connectivity index (χ1) is 10.0. The Morgan fingerprint density at radius 1 is 1.24 bits per heavy atom. The molecular weight excluding hydrogens is 276 g/mol. The van der Waals surface area contributed by atoms with E-state index in [9.17, 15) is 0 Å². The van der Waals surface area contributed by atoms with Crippen LogP contribution in [0.3, 0.4) is 0 Å². The molecule has 2 fully saturated rings. The zero-order valence-electron chi connectivity index (χ0n) is 13.6. The van der Waals surface area contributed by atoms with Gasteiger partial charge in [0.1, 0.15) is 0 Å². The molecule has 2 nitrogen and oxygen atoms in total. The molecule has 1 aromatic rings. The molecule has 3 rings (SSSR count). The highest BCUT2D eigenvalue weighted by Gasteiger charge is 2.45. The van der Waals surface area contributed by atoms with E-state index in [2.05, 4.69) is 35.6 Å². The number of nitrogens with two attached hydrogens (primary N) is 1. The molecule has 0 aliphatic heterocycles. The van der Waals surface area contributed by atoms with Crippen molar-refractivity contribution in [3.63, 3.8) is 0 Å². The minimum Gasteiger partial charge on any atom is -0.329 e. The summed E-state index contributed by atoms with van der Waals surface area (Å²) < 4.78 is 0. The van der Waals surface area contributed by atoms with Crippen molar-refractivity contribution in [1.29, 1.82) is 0 Å². The summed E-state index contributed by atoms with van der Waals surface area (Å²) in [6, 6.07) is 3.07. The monoisotopic (exact) mass is 306 g/mol. The second kappa shape index (κ2) is 6.02. The minimum absolute atomic E-state index is 0.247. The van der Waals surface area contributed by atoms with E-state index in [-0.39, 0.29) is 5.54 Å². The smallest absolute Gasteiger partial charge is 0.0338 e. The van der Waals surface area contributed by atoms with Crippen molar-refractivity contribution in [2.24, 2.45) is 11.1 Å². The lowest BCUT2D eigenvalue weighted by Crippen LogP contribution is -2.54. The average molecular weight is 307 g/mol. The Hall–Kier alpha value is -0.380. The van der Waals surface area contributed by atoms with E-state index in [0.29, 0.717) is 5.41 Å². The molecule has 0 saturated heterocycles.